The molecule has 0 amide bonds. The molecule has 0 aliphatic carbocycles. The highest BCUT2D eigenvalue weighted by atomic mass is 16.6. The fourth-order valence-electron chi connectivity index (χ4n) is 4.36. The summed E-state index contributed by atoms with van der Waals surface area (Å²) in [5, 5.41) is 10.6. The van der Waals surface area contributed by atoms with Crippen molar-refractivity contribution in [2.24, 2.45) is 23.2 Å². The van der Waals surface area contributed by atoms with E-state index in [0.717, 1.165) is 19.3 Å². The van der Waals surface area contributed by atoms with Gasteiger partial charge in [0, 0.05) is 12.3 Å². The van der Waals surface area contributed by atoms with Gasteiger partial charge in [0.2, 0.25) is 0 Å². The summed E-state index contributed by atoms with van der Waals surface area (Å²) in [5.74, 6) is 0.00862. The number of ether oxygens (including phenoxy) is 2. The summed E-state index contributed by atoms with van der Waals surface area (Å²) < 4.78 is 11.4. The number of carbonyl (C=O) groups is 2. The Kier molecular flexibility index (Phi) is 6.79. The number of cyclic esters (lactones) is 1. The second kappa shape index (κ2) is 8.20. The molecule has 2 rings (SSSR count). The molecule has 0 aromatic carbocycles. The predicted octanol–water partition coefficient (Wildman–Crippen LogP) is 3.90. The van der Waals surface area contributed by atoms with E-state index in [2.05, 4.69) is 20.8 Å². The second-order valence-electron chi connectivity index (χ2n) is 9.78. The Hall–Kier alpha value is -0.940. The van der Waals surface area contributed by atoms with Crippen molar-refractivity contribution in [1.82, 2.24) is 0 Å². The van der Waals surface area contributed by atoms with Crippen molar-refractivity contribution in [3.05, 3.63) is 0 Å². The number of hydrogen-bond acceptors (Lipinski definition) is 5. The molecule has 27 heavy (non-hydrogen) atoms. The molecule has 2 heterocycles. The molecule has 5 heteroatoms. The summed E-state index contributed by atoms with van der Waals surface area (Å²) in [7, 11) is 0. The van der Waals surface area contributed by atoms with Gasteiger partial charge in [-0.3, -0.25) is 9.59 Å². The van der Waals surface area contributed by atoms with Gasteiger partial charge in [-0.15, -0.1) is 0 Å². The van der Waals surface area contributed by atoms with Crippen LogP contribution in [-0.2, 0) is 19.1 Å². The lowest BCUT2D eigenvalue weighted by molar-refractivity contribution is -0.154. The van der Waals surface area contributed by atoms with Gasteiger partial charge in [0.25, 0.3) is 0 Å². The van der Waals surface area contributed by atoms with E-state index >= 15 is 0 Å². The van der Waals surface area contributed by atoms with Crippen LogP contribution in [0, 0.1) is 23.2 Å². The number of ketones is 1. The highest BCUT2D eigenvalue weighted by molar-refractivity contribution is 5.87. The van der Waals surface area contributed by atoms with Crippen molar-refractivity contribution in [1.29, 1.82) is 0 Å². The van der Waals surface area contributed by atoms with E-state index in [1.54, 1.807) is 13.8 Å². The van der Waals surface area contributed by atoms with Gasteiger partial charge in [-0.1, -0.05) is 47.5 Å². The molecule has 0 radical (unpaired) electrons. The van der Waals surface area contributed by atoms with Crippen LogP contribution in [0.15, 0.2) is 0 Å². The standard InChI is InChI=1S/C22H38O5/c1-13-9-8-10-22(7)18(27-22)11-14(2)26-19(24)12-17(23)21(5,6)20(25)16(4)15(13)3/h13-18,23H,8-12H2,1-7H3/t13?,14?,15-,16?,17?,18-,22+/m0/s1. The number of aliphatic hydroxyl groups excluding tert-OH is 1. The van der Waals surface area contributed by atoms with Gasteiger partial charge in [-0.25, -0.2) is 0 Å². The number of rotatable bonds is 0. The van der Waals surface area contributed by atoms with E-state index < -0.39 is 17.5 Å². The number of Topliss-reactive ketones (excluding diaryl/α,β-unsaturated/α-hetero) is 1. The Morgan fingerprint density at radius 3 is 2.33 bits per heavy atom. The smallest absolute Gasteiger partial charge is 0.308 e. The van der Waals surface area contributed by atoms with Gasteiger partial charge < -0.3 is 14.6 Å². The molecule has 0 aromatic heterocycles. The first-order valence-electron chi connectivity index (χ1n) is 10.5. The van der Waals surface area contributed by atoms with Crippen LogP contribution >= 0.6 is 0 Å². The van der Waals surface area contributed by atoms with Crippen LogP contribution in [0.5, 0.6) is 0 Å². The van der Waals surface area contributed by atoms with Crippen molar-refractivity contribution in [2.45, 2.75) is 104 Å². The van der Waals surface area contributed by atoms with E-state index in [0.29, 0.717) is 12.3 Å². The zero-order valence-electron chi connectivity index (χ0n) is 18.1. The van der Waals surface area contributed by atoms with E-state index in [9.17, 15) is 14.7 Å². The van der Waals surface area contributed by atoms with E-state index in [-0.39, 0.29) is 41.8 Å². The molecule has 2 fully saturated rings. The monoisotopic (exact) mass is 382 g/mol. The molecule has 156 valence electrons. The average molecular weight is 383 g/mol. The van der Waals surface area contributed by atoms with Crippen LogP contribution < -0.4 is 0 Å². The molecule has 5 nitrogen and oxygen atoms in total. The normalized spacial score (nSPS) is 44.3. The average Bonchev–Trinajstić information content (AvgIpc) is 3.20. The molecule has 2 saturated heterocycles. The highest BCUT2D eigenvalue weighted by Crippen LogP contribution is 2.44. The lowest BCUT2D eigenvalue weighted by atomic mass is 9.70. The summed E-state index contributed by atoms with van der Waals surface area (Å²) in [6.07, 6.45) is 2.42. The summed E-state index contributed by atoms with van der Waals surface area (Å²) >= 11 is 0. The number of epoxide rings is 1. The van der Waals surface area contributed by atoms with Crippen LogP contribution in [0.4, 0.5) is 0 Å². The third-order valence-electron chi connectivity index (χ3n) is 7.17. The first-order chi connectivity index (χ1) is 12.4. The second-order valence-corrected chi connectivity index (χ2v) is 9.78. The Morgan fingerprint density at radius 2 is 1.70 bits per heavy atom. The third-order valence-corrected chi connectivity index (χ3v) is 7.17. The van der Waals surface area contributed by atoms with Crippen LogP contribution in [0.1, 0.15) is 80.6 Å². The van der Waals surface area contributed by atoms with Gasteiger partial charge in [-0.2, -0.15) is 0 Å². The zero-order chi connectivity index (χ0) is 20.6. The van der Waals surface area contributed by atoms with Crippen LogP contribution in [-0.4, -0.2) is 40.8 Å². The SMILES string of the molecule is CC1C[C@@H]2O[C@]2(C)CCCC(C)[C@H](C)C(C)C(=O)C(C)(C)C(O)CC(=O)O1. The molecule has 7 atom stereocenters. The lowest BCUT2D eigenvalue weighted by Crippen LogP contribution is -2.44. The lowest BCUT2D eigenvalue weighted by Gasteiger charge is -2.35. The van der Waals surface area contributed by atoms with Crippen molar-refractivity contribution < 1.29 is 24.2 Å². The summed E-state index contributed by atoms with van der Waals surface area (Å²) in [5.41, 5.74) is -1.10. The molecule has 2 aliphatic rings. The molecule has 0 aromatic rings. The largest absolute Gasteiger partial charge is 0.462 e. The van der Waals surface area contributed by atoms with E-state index in [1.807, 2.05) is 13.8 Å². The Bertz CT molecular complexity index is 557. The first-order valence-corrected chi connectivity index (χ1v) is 10.5. The fourth-order valence-corrected chi connectivity index (χ4v) is 4.36. The maximum Gasteiger partial charge on any atom is 0.308 e. The minimum atomic E-state index is -1.05. The first kappa shape index (κ1) is 22.4. The topological polar surface area (TPSA) is 76.1 Å². The maximum absolute atomic E-state index is 13.1. The zero-order valence-corrected chi connectivity index (χ0v) is 18.1. The summed E-state index contributed by atoms with van der Waals surface area (Å²) in [6, 6.07) is 0. The third kappa shape index (κ3) is 5.11. The number of hydrogen-bond donors (Lipinski definition) is 1. The summed E-state index contributed by atoms with van der Waals surface area (Å²) in [6.45, 7) is 13.7. The van der Waals surface area contributed by atoms with E-state index in [1.165, 1.54) is 0 Å². The molecule has 1 N–H and O–H groups in total. The van der Waals surface area contributed by atoms with E-state index in [4.69, 9.17) is 9.47 Å². The Balaban J connectivity index is 2.17. The molecule has 0 spiro atoms. The minimum absolute atomic E-state index is 0.0137. The van der Waals surface area contributed by atoms with Crippen LogP contribution in [0.3, 0.4) is 0 Å². The van der Waals surface area contributed by atoms with Gasteiger partial charge in [-0.05, 0) is 32.1 Å². The number of fused-ring (bicyclic) bond motifs is 1. The number of esters is 1. The van der Waals surface area contributed by atoms with Crippen molar-refractivity contribution in [3.8, 4) is 0 Å². The van der Waals surface area contributed by atoms with Gasteiger partial charge in [0.05, 0.1) is 29.6 Å². The van der Waals surface area contributed by atoms with Crippen LogP contribution in [0.2, 0.25) is 0 Å². The van der Waals surface area contributed by atoms with Crippen molar-refractivity contribution >= 4 is 11.8 Å². The number of carbonyl (C=O) groups excluding carboxylic acids is 2. The molecule has 4 unspecified atom stereocenters. The quantitative estimate of drug-likeness (QED) is 0.508. The van der Waals surface area contributed by atoms with Crippen molar-refractivity contribution in [3.63, 3.8) is 0 Å². The molecular weight excluding hydrogens is 344 g/mol. The fraction of sp³-hybridized carbons (Fsp3) is 0.909. The molecule has 0 bridgehead atoms. The Morgan fingerprint density at radius 1 is 1.07 bits per heavy atom. The highest BCUT2D eigenvalue weighted by Gasteiger charge is 2.52. The van der Waals surface area contributed by atoms with Gasteiger partial charge in [0.1, 0.15) is 11.9 Å². The van der Waals surface area contributed by atoms with Gasteiger partial charge in [0.15, 0.2) is 0 Å². The van der Waals surface area contributed by atoms with Gasteiger partial charge >= 0.3 is 5.97 Å². The predicted molar refractivity (Wildman–Crippen MR) is 104 cm³/mol. The van der Waals surface area contributed by atoms with Crippen LogP contribution in [0.25, 0.3) is 0 Å². The molecule has 2 aliphatic heterocycles. The maximum atomic E-state index is 13.1. The van der Waals surface area contributed by atoms with Crippen molar-refractivity contribution in [2.75, 3.05) is 0 Å². The molecule has 0 saturated carbocycles. The number of aliphatic hydroxyl groups is 1. The summed E-state index contributed by atoms with van der Waals surface area (Å²) in [4.78, 5) is 25.3. The Labute approximate surface area is 164 Å². The molecular formula is C22H38O5. The minimum Gasteiger partial charge on any atom is -0.462 e.